The highest BCUT2D eigenvalue weighted by Gasteiger charge is 2.30. The van der Waals surface area contributed by atoms with Crippen molar-refractivity contribution in [2.24, 2.45) is 0 Å². The molecule has 0 radical (unpaired) electrons. The summed E-state index contributed by atoms with van der Waals surface area (Å²) in [5, 5.41) is 3.18. The van der Waals surface area contributed by atoms with E-state index in [-0.39, 0.29) is 17.9 Å². The molecule has 4 heteroatoms. The van der Waals surface area contributed by atoms with Crippen LogP contribution in [0, 0.1) is 6.92 Å². The summed E-state index contributed by atoms with van der Waals surface area (Å²) < 4.78 is 5.23. The predicted molar refractivity (Wildman–Crippen MR) is 60.5 cm³/mol. The van der Waals surface area contributed by atoms with E-state index in [9.17, 15) is 4.79 Å². The summed E-state index contributed by atoms with van der Waals surface area (Å²) in [6.45, 7) is 2.67. The number of aromatic nitrogens is 1. The first kappa shape index (κ1) is 11.2. The predicted octanol–water partition coefficient (Wildman–Crippen LogP) is 0.950. The summed E-state index contributed by atoms with van der Waals surface area (Å²) in [6.07, 6.45) is 4.22. The Kier molecular flexibility index (Phi) is 3.31. The third kappa shape index (κ3) is 2.13. The van der Waals surface area contributed by atoms with Crippen molar-refractivity contribution in [2.75, 3.05) is 13.7 Å². The molecular formula is C12H16N2O2. The lowest BCUT2D eigenvalue weighted by Gasteiger charge is -2.10. The third-order valence-corrected chi connectivity index (χ3v) is 3.04. The van der Waals surface area contributed by atoms with E-state index >= 15 is 0 Å². The van der Waals surface area contributed by atoms with Gasteiger partial charge in [0, 0.05) is 31.6 Å². The van der Waals surface area contributed by atoms with Crippen LogP contribution in [0.3, 0.4) is 0 Å². The molecule has 2 rings (SSSR count). The Bertz CT molecular complexity index is 392. The highest BCUT2D eigenvalue weighted by Crippen LogP contribution is 2.16. The van der Waals surface area contributed by atoms with Gasteiger partial charge >= 0.3 is 0 Å². The molecule has 1 aliphatic rings. The number of carbonyl (C=O) groups is 1. The molecule has 16 heavy (non-hydrogen) atoms. The Balaban J connectivity index is 2.12. The molecule has 1 saturated heterocycles. The average molecular weight is 220 g/mol. The van der Waals surface area contributed by atoms with Crippen LogP contribution in [0.1, 0.15) is 22.3 Å². The number of aryl methyl sites for hydroxylation is 1. The number of hydrogen-bond donors (Lipinski definition) is 1. The third-order valence-electron chi connectivity index (χ3n) is 3.04. The smallest absolute Gasteiger partial charge is 0.181 e. The Morgan fingerprint density at radius 2 is 2.44 bits per heavy atom. The van der Waals surface area contributed by atoms with Crippen molar-refractivity contribution in [3.05, 3.63) is 29.6 Å². The van der Waals surface area contributed by atoms with Gasteiger partial charge in [-0.25, -0.2) is 0 Å². The fraction of sp³-hybridized carbons (Fsp3) is 0.500. The summed E-state index contributed by atoms with van der Waals surface area (Å²) >= 11 is 0. The monoisotopic (exact) mass is 220 g/mol. The van der Waals surface area contributed by atoms with Gasteiger partial charge in [0.15, 0.2) is 5.78 Å². The van der Waals surface area contributed by atoms with Gasteiger partial charge in [-0.1, -0.05) is 0 Å². The Morgan fingerprint density at radius 3 is 3.06 bits per heavy atom. The standard InChI is InChI=1S/C12H16N2O2/c1-8-3-4-13-7-10(8)12(15)11-5-9(16-2)6-14-11/h3-4,7,9,11,14H,5-6H2,1-2H3. The Hall–Kier alpha value is -1.26. The van der Waals surface area contributed by atoms with Crippen molar-refractivity contribution >= 4 is 5.78 Å². The molecule has 1 aromatic heterocycles. The number of nitrogens with one attached hydrogen (secondary N) is 1. The molecule has 0 aliphatic carbocycles. The fourth-order valence-electron chi connectivity index (χ4n) is 1.99. The van der Waals surface area contributed by atoms with Gasteiger partial charge in [0.1, 0.15) is 0 Å². The summed E-state index contributed by atoms with van der Waals surface area (Å²) in [6, 6.07) is 1.73. The first-order valence-electron chi connectivity index (χ1n) is 5.43. The van der Waals surface area contributed by atoms with Crippen molar-refractivity contribution < 1.29 is 9.53 Å². The van der Waals surface area contributed by atoms with E-state index in [0.717, 1.165) is 18.5 Å². The normalized spacial score (nSPS) is 24.6. The van der Waals surface area contributed by atoms with E-state index in [4.69, 9.17) is 4.74 Å². The Morgan fingerprint density at radius 1 is 1.62 bits per heavy atom. The summed E-state index contributed by atoms with van der Waals surface area (Å²) in [5.74, 6) is 0.116. The van der Waals surface area contributed by atoms with E-state index in [2.05, 4.69) is 10.3 Å². The van der Waals surface area contributed by atoms with Crippen LogP contribution in [0.2, 0.25) is 0 Å². The second-order valence-electron chi connectivity index (χ2n) is 4.11. The van der Waals surface area contributed by atoms with Crippen LogP contribution in [-0.2, 0) is 4.74 Å². The lowest BCUT2D eigenvalue weighted by atomic mass is 10.0. The minimum atomic E-state index is -0.132. The van der Waals surface area contributed by atoms with Gasteiger partial charge < -0.3 is 10.1 Å². The molecule has 0 bridgehead atoms. The second-order valence-corrected chi connectivity index (χ2v) is 4.11. The van der Waals surface area contributed by atoms with E-state index in [1.165, 1.54) is 0 Å². The molecule has 2 heterocycles. The fourth-order valence-corrected chi connectivity index (χ4v) is 1.99. The summed E-state index contributed by atoms with van der Waals surface area (Å²) in [5.41, 5.74) is 1.68. The number of pyridine rings is 1. The van der Waals surface area contributed by atoms with Gasteiger partial charge in [-0.3, -0.25) is 9.78 Å². The average Bonchev–Trinajstić information content (AvgIpc) is 2.77. The highest BCUT2D eigenvalue weighted by molar-refractivity contribution is 6.01. The molecule has 1 aromatic rings. The number of Topliss-reactive ketones (excluding diaryl/α,β-unsaturated/α-hetero) is 1. The zero-order valence-electron chi connectivity index (χ0n) is 9.56. The molecule has 0 amide bonds. The summed E-state index contributed by atoms with van der Waals surface area (Å²) in [7, 11) is 1.68. The van der Waals surface area contributed by atoms with E-state index in [0.29, 0.717) is 5.56 Å². The molecule has 1 fully saturated rings. The minimum Gasteiger partial charge on any atom is -0.380 e. The Labute approximate surface area is 95.0 Å². The topological polar surface area (TPSA) is 51.2 Å². The van der Waals surface area contributed by atoms with Crippen LogP contribution in [0.15, 0.2) is 18.5 Å². The van der Waals surface area contributed by atoms with Gasteiger partial charge in [0.2, 0.25) is 0 Å². The molecular weight excluding hydrogens is 204 g/mol. The van der Waals surface area contributed by atoms with Crippen molar-refractivity contribution in [1.29, 1.82) is 0 Å². The van der Waals surface area contributed by atoms with Crippen LogP contribution < -0.4 is 5.32 Å². The SMILES string of the molecule is COC1CNC(C(=O)c2cnccc2C)C1. The highest BCUT2D eigenvalue weighted by atomic mass is 16.5. The lowest BCUT2D eigenvalue weighted by molar-refractivity contribution is 0.0918. The maximum atomic E-state index is 12.2. The first-order chi connectivity index (χ1) is 7.72. The van der Waals surface area contributed by atoms with Gasteiger partial charge in [0.25, 0.3) is 0 Å². The number of nitrogens with zero attached hydrogens (tertiary/aromatic N) is 1. The molecule has 86 valence electrons. The molecule has 2 atom stereocenters. The zero-order chi connectivity index (χ0) is 11.5. The van der Waals surface area contributed by atoms with Crippen LogP contribution in [0.4, 0.5) is 0 Å². The van der Waals surface area contributed by atoms with E-state index < -0.39 is 0 Å². The van der Waals surface area contributed by atoms with Gasteiger partial charge in [0.05, 0.1) is 12.1 Å². The van der Waals surface area contributed by atoms with Crippen molar-refractivity contribution in [2.45, 2.75) is 25.5 Å². The molecule has 2 unspecified atom stereocenters. The summed E-state index contributed by atoms with van der Waals surface area (Å²) in [4.78, 5) is 16.2. The molecule has 1 N–H and O–H groups in total. The minimum absolute atomic E-state index is 0.116. The van der Waals surface area contributed by atoms with E-state index in [1.807, 2.05) is 13.0 Å². The first-order valence-corrected chi connectivity index (χ1v) is 5.43. The molecule has 0 saturated carbocycles. The quantitative estimate of drug-likeness (QED) is 0.770. The number of rotatable bonds is 3. The van der Waals surface area contributed by atoms with Crippen LogP contribution >= 0.6 is 0 Å². The van der Waals surface area contributed by atoms with E-state index in [1.54, 1.807) is 19.5 Å². The lowest BCUT2D eigenvalue weighted by Crippen LogP contribution is -2.31. The van der Waals surface area contributed by atoms with Gasteiger partial charge in [-0.2, -0.15) is 0 Å². The number of hydrogen-bond acceptors (Lipinski definition) is 4. The zero-order valence-corrected chi connectivity index (χ0v) is 9.56. The number of ether oxygens (including phenoxy) is 1. The number of ketones is 1. The maximum Gasteiger partial charge on any atom is 0.181 e. The molecule has 0 spiro atoms. The number of methoxy groups -OCH3 is 1. The number of carbonyl (C=O) groups excluding carboxylic acids is 1. The largest absolute Gasteiger partial charge is 0.380 e. The molecule has 1 aliphatic heterocycles. The molecule has 0 aromatic carbocycles. The van der Waals surface area contributed by atoms with Crippen LogP contribution in [0.5, 0.6) is 0 Å². The van der Waals surface area contributed by atoms with Crippen LogP contribution in [0.25, 0.3) is 0 Å². The molecule has 4 nitrogen and oxygen atoms in total. The maximum absolute atomic E-state index is 12.2. The van der Waals surface area contributed by atoms with Crippen molar-refractivity contribution in [1.82, 2.24) is 10.3 Å². The van der Waals surface area contributed by atoms with Crippen LogP contribution in [-0.4, -0.2) is 36.6 Å². The van der Waals surface area contributed by atoms with Gasteiger partial charge in [-0.15, -0.1) is 0 Å². The van der Waals surface area contributed by atoms with Crippen molar-refractivity contribution in [3.8, 4) is 0 Å². The van der Waals surface area contributed by atoms with Gasteiger partial charge in [-0.05, 0) is 25.0 Å². The van der Waals surface area contributed by atoms with Crippen molar-refractivity contribution in [3.63, 3.8) is 0 Å². The second kappa shape index (κ2) is 4.72.